The molecule has 3 nitrogen and oxygen atoms in total. The Balaban J connectivity index is 4.92. The first-order valence-electron chi connectivity index (χ1n) is 5.83. The molecular formula is C13H25NO2. The van der Waals surface area contributed by atoms with Gasteiger partial charge in [-0.3, -0.25) is 0 Å². The maximum Gasteiger partial charge on any atom is 0.0926 e. The zero-order chi connectivity index (χ0) is 12.8. The summed E-state index contributed by atoms with van der Waals surface area (Å²) < 4.78 is 5.33. The highest BCUT2D eigenvalue weighted by Gasteiger charge is 2.33. The van der Waals surface area contributed by atoms with E-state index in [1.807, 2.05) is 13.8 Å². The molecule has 0 aliphatic heterocycles. The van der Waals surface area contributed by atoms with Crippen LogP contribution in [0.4, 0.5) is 0 Å². The second kappa shape index (κ2) is 6.69. The van der Waals surface area contributed by atoms with Crippen LogP contribution in [-0.2, 0) is 4.74 Å². The number of hydrogen-bond donors (Lipinski definition) is 1. The van der Waals surface area contributed by atoms with Crippen LogP contribution in [0.2, 0.25) is 0 Å². The summed E-state index contributed by atoms with van der Waals surface area (Å²) in [5, 5.41) is 12.5. The van der Waals surface area contributed by atoms with Gasteiger partial charge in [0, 0.05) is 12.0 Å². The van der Waals surface area contributed by atoms with E-state index in [1.54, 1.807) is 0 Å². The Hall–Kier alpha value is -0.830. The minimum absolute atomic E-state index is 0.280. The summed E-state index contributed by atoms with van der Waals surface area (Å²) in [5.74, 6) is 0.514. The summed E-state index contributed by atoms with van der Waals surface area (Å²) in [7, 11) is 0. The Bertz CT molecular complexity index is 259. The lowest BCUT2D eigenvalue weighted by Gasteiger charge is -2.32. The average molecular weight is 227 g/mol. The number of rotatable bonds is 7. The molecule has 0 radical (unpaired) electrons. The van der Waals surface area contributed by atoms with Crippen LogP contribution in [0.15, 0.2) is 17.3 Å². The third-order valence-corrected chi connectivity index (χ3v) is 2.96. The fraction of sp³-hybridized carbons (Fsp3) is 0.769. The molecule has 1 atom stereocenters. The van der Waals surface area contributed by atoms with E-state index in [2.05, 4.69) is 32.5 Å². The largest absolute Gasteiger partial charge is 0.411 e. The highest BCUT2D eigenvalue weighted by molar-refractivity contribution is 5.93. The fourth-order valence-corrected chi connectivity index (χ4v) is 1.85. The molecule has 0 aliphatic carbocycles. The summed E-state index contributed by atoms with van der Waals surface area (Å²) in [4.78, 5) is 0. The molecule has 0 saturated carbocycles. The van der Waals surface area contributed by atoms with Crippen molar-refractivity contribution in [2.24, 2.45) is 16.5 Å². The quantitative estimate of drug-likeness (QED) is 0.313. The first-order valence-corrected chi connectivity index (χ1v) is 5.83. The molecule has 0 aromatic heterocycles. The molecule has 16 heavy (non-hydrogen) atoms. The molecule has 0 spiro atoms. The molecular weight excluding hydrogens is 202 g/mol. The zero-order valence-corrected chi connectivity index (χ0v) is 11.2. The zero-order valence-electron chi connectivity index (χ0n) is 11.2. The first-order chi connectivity index (χ1) is 7.38. The predicted octanol–water partition coefficient (Wildman–Crippen LogP) is 3.48. The van der Waals surface area contributed by atoms with Gasteiger partial charge in [0.15, 0.2) is 0 Å². The van der Waals surface area contributed by atoms with Crippen LogP contribution in [0.1, 0.15) is 41.0 Å². The monoisotopic (exact) mass is 227 g/mol. The molecule has 0 bridgehead atoms. The molecule has 94 valence electrons. The molecule has 0 saturated heterocycles. The molecule has 0 heterocycles. The van der Waals surface area contributed by atoms with Crippen molar-refractivity contribution >= 4 is 5.71 Å². The van der Waals surface area contributed by atoms with Gasteiger partial charge in [0.25, 0.3) is 0 Å². The maximum atomic E-state index is 9.12. The van der Waals surface area contributed by atoms with Crippen LogP contribution in [-0.4, -0.2) is 24.1 Å². The first kappa shape index (κ1) is 15.2. The second-order valence-electron chi connectivity index (χ2n) is 4.89. The Morgan fingerprint density at radius 2 is 2.06 bits per heavy atom. The van der Waals surface area contributed by atoms with Crippen molar-refractivity contribution in [1.82, 2.24) is 0 Å². The van der Waals surface area contributed by atoms with Crippen LogP contribution in [0, 0.1) is 11.3 Å². The number of oxime groups is 1. The second-order valence-corrected chi connectivity index (χ2v) is 4.89. The smallest absolute Gasteiger partial charge is 0.0926 e. The van der Waals surface area contributed by atoms with Gasteiger partial charge in [-0.1, -0.05) is 38.1 Å². The Morgan fingerprint density at radius 1 is 1.50 bits per heavy atom. The van der Waals surface area contributed by atoms with Crippen LogP contribution in [0.5, 0.6) is 0 Å². The average Bonchev–Trinajstić information content (AvgIpc) is 2.17. The van der Waals surface area contributed by atoms with Crippen LogP contribution in [0.3, 0.4) is 0 Å². The molecule has 0 aliphatic rings. The molecule has 0 aromatic carbocycles. The number of nitrogens with zero attached hydrogens (tertiary/aromatic N) is 1. The standard InChI is InChI=1S/C13H25NO2/c1-7-16-9-12(14-15)13(6,11(4)5)8-10(2)3/h10,15H,4,7-9H2,1-3,5-6H3/b14-12+. The lowest BCUT2D eigenvalue weighted by molar-refractivity contribution is 0.174. The van der Waals surface area contributed by atoms with E-state index < -0.39 is 0 Å². The summed E-state index contributed by atoms with van der Waals surface area (Å²) in [6.45, 7) is 15.2. The van der Waals surface area contributed by atoms with Gasteiger partial charge >= 0.3 is 0 Å². The van der Waals surface area contributed by atoms with Gasteiger partial charge in [-0.15, -0.1) is 0 Å². The Morgan fingerprint density at radius 3 is 2.38 bits per heavy atom. The van der Waals surface area contributed by atoms with E-state index in [0.29, 0.717) is 24.8 Å². The van der Waals surface area contributed by atoms with Crippen LogP contribution >= 0.6 is 0 Å². The van der Waals surface area contributed by atoms with Gasteiger partial charge in [-0.05, 0) is 26.2 Å². The van der Waals surface area contributed by atoms with Gasteiger partial charge in [0.05, 0.1) is 12.3 Å². The van der Waals surface area contributed by atoms with Gasteiger partial charge in [-0.25, -0.2) is 0 Å². The van der Waals surface area contributed by atoms with Crippen molar-refractivity contribution in [1.29, 1.82) is 0 Å². The SMILES string of the molecule is C=C(C)C(C)(CC(C)C)/C(COCC)=N/O. The van der Waals surface area contributed by atoms with Crippen LogP contribution in [0.25, 0.3) is 0 Å². The number of ether oxygens (including phenoxy) is 1. The van der Waals surface area contributed by atoms with Gasteiger partial charge in [0.1, 0.15) is 0 Å². The van der Waals surface area contributed by atoms with E-state index in [1.165, 1.54) is 0 Å². The predicted molar refractivity (Wildman–Crippen MR) is 68.1 cm³/mol. The van der Waals surface area contributed by atoms with Gasteiger partial charge in [0.2, 0.25) is 0 Å². The van der Waals surface area contributed by atoms with Crippen molar-refractivity contribution in [3.05, 3.63) is 12.2 Å². The normalized spacial score (nSPS) is 16.2. The van der Waals surface area contributed by atoms with Crippen molar-refractivity contribution in [2.45, 2.75) is 41.0 Å². The summed E-state index contributed by atoms with van der Waals surface area (Å²) in [6.07, 6.45) is 0.912. The number of hydrogen-bond acceptors (Lipinski definition) is 3. The molecule has 0 rings (SSSR count). The van der Waals surface area contributed by atoms with E-state index in [9.17, 15) is 0 Å². The van der Waals surface area contributed by atoms with Gasteiger partial charge < -0.3 is 9.94 Å². The summed E-state index contributed by atoms with van der Waals surface area (Å²) in [6, 6.07) is 0. The van der Waals surface area contributed by atoms with Crippen molar-refractivity contribution in [2.75, 3.05) is 13.2 Å². The minimum Gasteiger partial charge on any atom is -0.411 e. The molecule has 0 amide bonds. The van der Waals surface area contributed by atoms with Crippen molar-refractivity contribution < 1.29 is 9.94 Å². The number of allylic oxidation sites excluding steroid dienone is 1. The van der Waals surface area contributed by atoms with Crippen LogP contribution < -0.4 is 0 Å². The third-order valence-electron chi connectivity index (χ3n) is 2.96. The Labute approximate surface area is 99.2 Å². The topological polar surface area (TPSA) is 41.8 Å². The van der Waals surface area contributed by atoms with Crippen molar-refractivity contribution in [3.8, 4) is 0 Å². The van der Waals surface area contributed by atoms with Gasteiger partial charge in [-0.2, -0.15) is 0 Å². The van der Waals surface area contributed by atoms with E-state index >= 15 is 0 Å². The molecule has 1 N–H and O–H groups in total. The van der Waals surface area contributed by atoms with E-state index in [4.69, 9.17) is 9.94 Å². The highest BCUT2D eigenvalue weighted by atomic mass is 16.5. The minimum atomic E-state index is -0.280. The summed E-state index contributed by atoms with van der Waals surface area (Å²) >= 11 is 0. The molecule has 3 heteroatoms. The highest BCUT2D eigenvalue weighted by Crippen LogP contribution is 2.34. The molecule has 0 fully saturated rings. The molecule has 1 unspecified atom stereocenters. The lowest BCUT2D eigenvalue weighted by atomic mass is 9.73. The van der Waals surface area contributed by atoms with E-state index in [-0.39, 0.29) is 5.41 Å². The Kier molecular flexibility index (Phi) is 6.34. The van der Waals surface area contributed by atoms with Crippen molar-refractivity contribution in [3.63, 3.8) is 0 Å². The maximum absolute atomic E-state index is 9.12. The lowest BCUT2D eigenvalue weighted by Crippen LogP contribution is -2.34. The molecule has 0 aromatic rings. The summed E-state index contributed by atoms with van der Waals surface area (Å²) in [5.41, 5.74) is 1.39. The third kappa shape index (κ3) is 3.97. The van der Waals surface area contributed by atoms with E-state index in [0.717, 1.165) is 12.0 Å². The fourth-order valence-electron chi connectivity index (χ4n) is 1.85.